The molecular weight excluding hydrogens is 200 g/mol. The van der Waals surface area contributed by atoms with E-state index < -0.39 is 5.97 Å². The number of hydrazine groups is 1. The van der Waals surface area contributed by atoms with Gasteiger partial charge in [0.05, 0.1) is 6.42 Å². The van der Waals surface area contributed by atoms with Gasteiger partial charge in [-0.15, -0.1) is 0 Å². The standard InChI is InChI=1S/C8H18N4O3/c1-10-7(13)3-5-12(2)6-4-8(14)15-11-9/h11H,3-6,9H2,1-2H3,(H,10,13). The van der Waals surface area contributed by atoms with Gasteiger partial charge in [0, 0.05) is 26.6 Å². The van der Waals surface area contributed by atoms with Crippen LogP contribution in [-0.4, -0.2) is 44.0 Å². The van der Waals surface area contributed by atoms with Gasteiger partial charge in [-0.3, -0.25) is 9.59 Å². The number of hydrogen-bond donors (Lipinski definition) is 3. The van der Waals surface area contributed by atoms with E-state index in [1.807, 2.05) is 17.5 Å². The van der Waals surface area contributed by atoms with Crippen molar-refractivity contribution in [2.75, 3.05) is 27.2 Å². The summed E-state index contributed by atoms with van der Waals surface area (Å²) in [5, 5.41) is 2.52. The summed E-state index contributed by atoms with van der Waals surface area (Å²) in [5.41, 5.74) is 1.82. The normalized spacial score (nSPS) is 10.1. The average molecular weight is 218 g/mol. The molecule has 0 heterocycles. The van der Waals surface area contributed by atoms with Gasteiger partial charge in [-0.05, 0) is 7.05 Å². The molecule has 0 fully saturated rings. The molecule has 0 spiro atoms. The van der Waals surface area contributed by atoms with Crippen molar-refractivity contribution in [3.05, 3.63) is 0 Å². The molecule has 0 radical (unpaired) electrons. The van der Waals surface area contributed by atoms with Gasteiger partial charge in [0.15, 0.2) is 0 Å². The molecule has 0 bridgehead atoms. The van der Waals surface area contributed by atoms with E-state index in [0.29, 0.717) is 19.5 Å². The monoisotopic (exact) mass is 218 g/mol. The highest BCUT2D eigenvalue weighted by atomic mass is 16.7. The fourth-order valence-corrected chi connectivity index (χ4v) is 0.928. The topological polar surface area (TPSA) is 96.7 Å². The minimum Gasteiger partial charge on any atom is -0.359 e. The van der Waals surface area contributed by atoms with Gasteiger partial charge in [0.2, 0.25) is 5.91 Å². The molecule has 88 valence electrons. The first-order chi connectivity index (χ1) is 7.10. The van der Waals surface area contributed by atoms with Crippen LogP contribution in [0.4, 0.5) is 0 Å². The fraction of sp³-hybridized carbons (Fsp3) is 0.750. The number of nitrogens with two attached hydrogens (primary N) is 1. The number of hydrogen-bond acceptors (Lipinski definition) is 6. The summed E-state index contributed by atoms with van der Waals surface area (Å²) in [5.74, 6) is 4.35. The first-order valence-electron chi connectivity index (χ1n) is 4.64. The lowest BCUT2D eigenvalue weighted by Gasteiger charge is -2.14. The summed E-state index contributed by atoms with van der Waals surface area (Å²) >= 11 is 0. The number of nitrogens with zero attached hydrogens (tertiary/aromatic N) is 1. The van der Waals surface area contributed by atoms with Gasteiger partial charge < -0.3 is 15.1 Å². The first-order valence-corrected chi connectivity index (χ1v) is 4.64. The van der Waals surface area contributed by atoms with Gasteiger partial charge in [-0.1, -0.05) is 5.59 Å². The number of carbonyl (C=O) groups is 2. The van der Waals surface area contributed by atoms with Gasteiger partial charge in [-0.2, -0.15) is 0 Å². The second-order valence-corrected chi connectivity index (χ2v) is 3.07. The molecule has 0 atom stereocenters. The highest BCUT2D eigenvalue weighted by molar-refractivity contribution is 5.75. The molecule has 0 aromatic rings. The summed E-state index contributed by atoms with van der Waals surface area (Å²) in [4.78, 5) is 28.0. The van der Waals surface area contributed by atoms with Gasteiger partial charge in [-0.25, -0.2) is 5.84 Å². The SMILES string of the molecule is CNC(=O)CCN(C)CCC(=O)ONN. The third-order valence-electron chi connectivity index (χ3n) is 1.87. The highest BCUT2D eigenvalue weighted by Crippen LogP contribution is 1.91. The predicted molar refractivity (Wildman–Crippen MR) is 54.2 cm³/mol. The van der Waals surface area contributed by atoms with Gasteiger partial charge in [0.1, 0.15) is 0 Å². The van der Waals surface area contributed by atoms with Crippen molar-refractivity contribution in [2.24, 2.45) is 5.84 Å². The van der Waals surface area contributed by atoms with Crippen LogP contribution in [0, 0.1) is 0 Å². The molecule has 0 unspecified atom stereocenters. The number of amides is 1. The summed E-state index contributed by atoms with van der Waals surface area (Å²) in [6, 6.07) is 0. The lowest BCUT2D eigenvalue weighted by Crippen LogP contribution is -2.31. The molecule has 0 aliphatic carbocycles. The Kier molecular flexibility index (Phi) is 7.51. The lowest BCUT2D eigenvalue weighted by molar-refractivity contribution is -0.151. The third kappa shape index (κ3) is 7.86. The molecule has 7 heteroatoms. The Bertz CT molecular complexity index is 210. The molecule has 0 aliphatic rings. The molecule has 0 saturated heterocycles. The van der Waals surface area contributed by atoms with Crippen LogP contribution in [-0.2, 0) is 14.4 Å². The van der Waals surface area contributed by atoms with E-state index in [1.165, 1.54) is 0 Å². The highest BCUT2D eigenvalue weighted by Gasteiger charge is 2.06. The molecule has 0 saturated carbocycles. The Morgan fingerprint density at radius 3 is 2.47 bits per heavy atom. The first kappa shape index (κ1) is 13.8. The van der Waals surface area contributed by atoms with Gasteiger partial charge >= 0.3 is 5.97 Å². The Morgan fingerprint density at radius 2 is 1.93 bits per heavy atom. The third-order valence-corrected chi connectivity index (χ3v) is 1.87. The Morgan fingerprint density at radius 1 is 1.33 bits per heavy atom. The molecule has 0 rings (SSSR count). The molecule has 0 aromatic carbocycles. The maximum absolute atomic E-state index is 10.9. The maximum atomic E-state index is 10.9. The van der Waals surface area contributed by atoms with Crippen molar-refractivity contribution in [1.29, 1.82) is 0 Å². The Labute approximate surface area is 88.9 Å². The van der Waals surface area contributed by atoms with Crippen LogP contribution < -0.4 is 16.7 Å². The second kappa shape index (κ2) is 8.16. The van der Waals surface area contributed by atoms with Crippen LogP contribution in [0.2, 0.25) is 0 Å². The van der Waals surface area contributed by atoms with Gasteiger partial charge in [0.25, 0.3) is 0 Å². The number of rotatable bonds is 7. The van der Waals surface area contributed by atoms with E-state index in [4.69, 9.17) is 5.84 Å². The predicted octanol–water partition coefficient (Wildman–Crippen LogP) is -1.63. The summed E-state index contributed by atoms with van der Waals surface area (Å²) in [6.45, 7) is 1.13. The average Bonchev–Trinajstić information content (AvgIpc) is 2.23. The van der Waals surface area contributed by atoms with E-state index in [2.05, 4.69) is 10.2 Å². The van der Waals surface area contributed by atoms with Crippen LogP contribution in [0.5, 0.6) is 0 Å². The van der Waals surface area contributed by atoms with Crippen LogP contribution in [0.25, 0.3) is 0 Å². The molecule has 15 heavy (non-hydrogen) atoms. The molecular formula is C8H18N4O3. The Balaban J connectivity index is 3.52. The van der Waals surface area contributed by atoms with Crippen molar-refractivity contribution >= 4 is 11.9 Å². The van der Waals surface area contributed by atoms with E-state index in [1.54, 1.807) is 7.05 Å². The van der Waals surface area contributed by atoms with Crippen LogP contribution in [0.1, 0.15) is 12.8 Å². The van der Waals surface area contributed by atoms with Crippen molar-refractivity contribution in [1.82, 2.24) is 15.8 Å². The zero-order chi connectivity index (χ0) is 11.7. The molecule has 1 amide bonds. The van der Waals surface area contributed by atoms with Crippen molar-refractivity contribution < 1.29 is 14.4 Å². The second-order valence-electron chi connectivity index (χ2n) is 3.07. The zero-order valence-corrected chi connectivity index (χ0v) is 9.08. The minimum absolute atomic E-state index is 0.0203. The smallest absolute Gasteiger partial charge is 0.327 e. The largest absolute Gasteiger partial charge is 0.359 e. The molecule has 0 aliphatic heterocycles. The summed E-state index contributed by atoms with van der Waals surface area (Å²) < 4.78 is 0. The molecule has 4 N–H and O–H groups in total. The summed E-state index contributed by atoms with van der Waals surface area (Å²) in [6.07, 6.45) is 0.644. The Hall–Kier alpha value is -1.18. The van der Waals surface area contributed by atoms with E-state index in [0.717, 1.165) is 0 Å². The van der Waals surface area contributed by atoms with E-state index in [9.17, 15) is 9.59 Å². The minimum atomic E-state index is -0.427. The van der Waals surface area contributed by atoms with E-state index >= 15 is 0 Å². The quantitative estimate of drug-likeness (QED) is 0.350. The maximum Gasteiger partial charge on any atom is 0.327 e. The van der Waals surface area contributed by atoms with Crippen molar-refractivity contribution in [3.8, 4) is 0 Å². The van der Waals surface area contributed by atoms with Crippen LogP contribution in [0.3, 0.4) is 0 Å². The van der Waals surface area contributed by atoms with Crippen molar-refractivity contribution in [2.45, 2.75) is 12.8 Å². The molecule has 7 nitrogen and oxygen atoms in total. The molecule has 0 aromatic heterocycles. The number of nitrogens with one attached hydrogen (secondary N) is 2. The number of carbonyl (C=O) groups excluding carboxylic acids is 2. The lowest BCUT2D eigenvalue weighted by atomic mass is 10.3. The van der Waals surface area contributed by atoms with Crippen molar-refractivity contribution in [3.63, 3.8) is 0 Å². The van der Waals surface area contributed by atoms with Crippen LogP contribution >= 0.6 is 0 Å². The summed E-state index contributed by atoms with van der Waals surface area (Å²) in [7, 11) is 3.42. The van der Waals surface area contributed by atoms with Crippen LogP contribution in [0.15, 0.2) is 0 Å². The zero-order valence-electron chi connectivity index (χ0n) is 9.08. The fourth-order valence-electron chi connectivity index (χ4n) is 0.928. The van der Waals surface area contributed by atoms with E-state index in [-0.39, 0.29) is 12.3 Å².